The van der Waals surface area contributed by atoms with E-state index in [1.54, 1.807) is 58.1 Å². The average Bonchev–Trinajstić information content (AvgIpc) is 2.86. The first-order chi connectivity index (χ1) is 17.0. The van der Waals surface area contributed by atoms with Crippen molar-refractivity contribution >= 4 is 11.3 Å². The monoisotopic (exact) mass is 492 g/mol. The topological polar surface area (TPSA) is 35.8 Å². The smallest absolute Gasteiger partial charge is 0.157 e. The molecule has 0 atom stereocenters. The standard InChI is InChI=1S/C31H35F3N2/c1-9-24(18-35)16-22(7)23(8)21(6)12-13-25(10-2)30-28(33)14-15-29(31(30)34)36-19-26(20(4)5)17-27(32)11-3/h9-17,36H,4,19H2,1-3,5-8H3/b13-12-,22-16+,23-21-,24-9+,25-10+,26-17-,27-11+. The fraction of sp³-hybridized carbons (Fsp3) is 0.258. The van der Waals surface area contributed by atoms with Crippen molar-refractivity contribution in [1.29, 1.82) is 5.26 Å². The number of halogens is 3. The largest absolute Gasteiger partial charge is 0.379 e. The molecule has 2 nitrogen and oxygen atoms in total. The molecule has 0 heterocycles. The number of anilines is 1. The van der Waals surface area contributed by atoms with Crippen LogP contribution in [0.1, 0.15) is 54.0 Å². The van der Waals surface area contributed by atoms with Gasteiger partial charge < -0.3 is 5.32 Å². The number of benzene rings is 1. The zero-order chi connectivity index (χ0) is 27.4. The number of hydrogen-bond donors (Lipinski definition) is 1. The Hall–Kier alpha value is -3.78. The maximum absolute atomic E-state index is 15.4. The Morgan fingerprint density at radius 3 is 2.19 bits per heavy atom. The number of nitrogens with one attached hydrogen (secondary N) is 1. The fourth-order valence-electron chi connectivity index (χ4n) is 3.22. The molecule has 0 saturated heterocycles. The summed E-state index contributed by atoms with van der Waals surface area (Å²) in [6.45, 7) is 16.5. The molecule has 0 radical (unpaired) electrons. The number of nitrogens with zero attached hydrogens (tertiary/aromatic N) is 1. The molecule has 0 unspecified atom stereocenters. The van der Waals surface area contributed by atoms with Gasteiger partial charge in [0, 0.05) is 12.1 Å². The van der Waals surface area contributed by atoms with E-state index >= 15 is 4.39 Å². The van der Waals surface area contributed by atoms with Crippen LogP contribution in [-0.4, -0.2) is 6.54 Å². The molecule has 1 aromatic carbocycles. The SMILES string of the molecule is C=C(C)/C(=C\C(F)=C/C)CNc1ccc(F)c(C(/C=C\C(C)=C(C)/C(C)=C/C(C#N)=C\C)=C/C)c1F. The van der Waals surface area contributed by atoms with Crippen molar-refractivity contribution in [2.45, 2.75) is 48.5 Å². The second-order valence-electron chi connectivity index (χ2n) is 8.33. The summed E-state index contributed by atoms with van der Waals surface area (Å²) in [6.07, 6.45) is 11.3. The van der Waals surface area contributed by atoms with E-state index in [4.69, 9.17) is 5.26 Å². The van der Waals surface area contributed by atoms with Crippen LogP contribution in [0.25, 0.3) is 5.57 Å². The summed E-state index contributed by atoms with van der Waals surface area (Å²) in [5.41, 5.74) is 4.87. The normalized spacial score (nSPS) is 14.6. The van der Waals surface area contributed by atoms with Gasteiger partial charge in [0.05, 0.1) is 17.3 Å². The van der Waals surface area contributed by atoms with Crippen LogP contribution in [0.2, 0.25) is 0 Å². The first-order valence-electron chi connectivity index (χ1n) is 11.7. The maximum Gasteiger partial charge on any atom is 0.157 e. The molecule has 0 aliphatic carbocycles. The predicted octanol–water partition coefficient (Wildman–Crippen LogP) is 9.46. The van der Waals surface area contributed by atoms with Gasteiger partial charge in [0.2, 0.25) is 0 Å². The lowest BCUT2D eigenvalue weighted by Gasteiger charge is -2.14. The summed E-state index contributed by atoms with van der Waals surface area (Å²) in [5, 5.41) is 12.1. The summed E-state index contributed by atoms with van der Waals surface area (Å²) in [5.74, 6) is -1.84. The average molecular weight is 493 g/mol. The molecule has 0 amide bonds. The molecule has 0 saturated carbocycles. The van der Waals surface area contributed by atoms with E-state index in [1.807, 2.05) is 20.8 Å². The highest BCUT2D eigenvalue weighted by molar-refractivity contribution is 5.77. The predicted molar refractivity (Wildman–Crippen MR) is 147 cm³/mol. The van der Waals surface area contributed by atoms with Crippen molar-refractivity contribution in [3.63, 3.8) is 0 Å². The van der Waals surface area contributed by atoms with Gasteiger partial charge in [-0.3, -0.25) is 0 Å². The number of nitriles is 1. The summed E-state index contributed by atoms with van der Waals surface area (Å²) in [6, 6.07) is 4.66. The van der Waals surface area contributed by atoms with Crippen LogP contribution in [-0.2, 0) is 0 Å². The van der Waals surface area contributed by atoms with Gasteiger partial charge in [-0.2, -0.15) is 5.26 Å². The highest BCUT2D eigenvalue weighted by Gasteiger charge is 2.16. The van der Waals surface area contributed by atoms with Gasteiger partial charge in [-0.25, -0.2) is 13.2 Å². The van der Waals surface area contributed by atoms with E-state index in [0.717, 1.165) is 16.7 Å². The number of allylic oxidation sites excluding steroid dienone is 13. The van der Waals surface area contributed by atoms with E-state index in [2.05, 4.69) is 18.0 Å². The third-order valence-corrected chi connectivity index (χ3v) is 5.80. The van der Waals surface area contributed by atoms with Crippen LogP contribution in [0.3, 0.4) is 0 Å². The molecule has 5 heteroatoms. The molecule has 0 aromatic heterocycles. The van der Waals surface area contributed by atoms with Crippen LogP contribution in [0, 0.1) is 23.0 Å². The van der Waals surface area contributed by atoms with Gasteiger partial charge in [-0.1, -0.05) is 42.5 Å². The molecule has 0 spiro atoms. The lowest BCUT2D eigenvalue weighted by molar-refractivity contribution is 0.579. The molecule has 0 aliphatic rings. The highest BCUT2D eigenvalue weighted by atomic mass is 19.1. The van der Waals surface area contributed by atoms with E-state index in [-0.39, 0.29) is 17.8 Å². The minimum absolute atomic E-state index is 0.102. The lowest BCUT2D eigenvalue weighted by atomic mass is 9.98. The van der Waals surface area contributed by atoms with Crippen molar-refractivity contribution in [3.8, 4) is 6.07 Å². The van der Waals surface area contributed by atoms with Crippen LogP contribution in [0.5, 0.6) is 0 Å². The minimum atomic E-state index is -0.735. The van der Waals surface area contributed by atoms with Crippen LogP contribution in [0.4, 0.5) is 18.9 Å². The number of rotatable bonds is 10. The van der Waals surface area contributed by atoms with Crippen LogP contribution < -0.4 is 5.32 Å². The van der Waals surface area contributed by atoms with Gasteiger partial charge >= 0.3 is 0 Å². The quantitative estimate of drug-likeness (QED) is 0.261. The Bertz CT molecular complexity index is 1240. The Morgan fingerprint density at radius 1 is 1.00 bits per heavy atom. The second kappa shape index (κ2) is 14.6. The molecule has 0 bridgehead atoms. The van der Waals surface area contributed by atoms with Gasteiger partial charge in [0.25, 0.3) is 0 Å². The molecule has 1 N–H and O–H groups in total. The molecule has 190 valence electrons. The van der Waals surface area contributed by atoms with E-state index in [9.17, 15) is 8.78 Å². The molecule has 0 aliphatic heterocycles. The van der Waals surface area contributed by atoms with Crippen LogP contribution >= 0.6 is 0 Å². The Kier molecular flexibility index (Phi) is 12.3. The van der Waals surface area contributed by atoms with E-state index < -0.39 is 17.5 Å². The molecule has 1 rings (SSSR count). The van der Waals surface area contributed by atoms with Crippen molar-refractivity contribution in [3.05, 3.63) is 118 Å². The molecular formula is C31H35F3N2. The molecular weight excluding hydrogens is 457 g/mol. The third kappa shape index (κ3) is 8.46. The van der Waals surface area contributed by atoms with Gasteiger partial charge in [-0.15, -0.1) is 0 Å². The van der Waals surface area contributed by atoms with Gasteiger partial charge in [0.15, 0.2) is 5.82 Å². The second-order valence-corrected chi connectivity index (χ2v) is 8.33. The lowest BCUT2D eigenvalue weighted by Crippen LogP contribution is -2.09. The van der Waals surface area contributed by atoms with Gasteiger partial charge in [0.1, 0.15) is 11.6 Å². The molecule has 36 heavy (non-hydrogen) atoms. The Morgan fingerprint density at radius 2 is 1.67 bits per heavy atom. The van der Waals surface area contributed by atoms with Crippen LogP contribution in [0.15, 0.2) is 101 Å². The maximum atomic E-state index is 15.4. The van der Waals surface area contributed by atoms with Crippen molar-refractivity contribution in [2.75, 3.05) is 11.9 Å². The van der Waals surface area contributed by atoms with Crippen molar-refractivity contribution in [2.24, 2.45) is 0 Å². The van der Waals surface area contributed by atoms with E-state index in [0.29, 0.717) is 22.3 Å². The highest BCUT2D eigenvalue weighted by Crippen LogP contribution is 2.29. The molecule has 0 fully saturated rings. The fourth-order valence-corrected chi connectivity index (χ4v) is 3.22. The zero-order valence-corrected chi connectivity index (χ0v) is 22.2. The summed E-state index contributed by atoms with van der Waals surface area (Å²) in [7, 11) is 0. The first kappa shape index (κ1) is 30.3. The molecule has 1 aromatic rings. The summed E-state index contributed by atoms with van der Waals surface area (Å²) >= 11 is 0. The van der Waals surface area contributed by atoms with Crippen molar-refractivity contribution in [1.82, 2.24) is 0 Å². The van der Waals surface area contributed by atoms with Crippen molar-refractivity contribution < 1.29 is 13.2 Å². The first-order valence-corrected chi connectivity index (χ1v) is 11.7. The number of hydrogen-bond acceptors (Lipinski definition) is 2. The summed E-state index contributed by atoms with van der Waals surface area (Å²) < 4.78 is 43.9. The Balaban J connectivity index is 3.34. The van der Waals surface area contributed by atoms with E-state index in [1.165, 1.54) is 24.3 Å². The van der Waals surface area contributed by atoms with Gasteiger partial charge in [-0.05, 0) is 101 Å². The third-order valence-electron chi connectivity index (χ3n) is 5.80. The summed E-state index contributed by atoms with van der Waals surface area (Å²) in [4.78, 5) is 0. The minimum Gasteiger partial charge on any atom is -0.379 e. The zero-order valence-electron chi connectivity index (χ0n) is 22.2. The Labute approximate surface area is 213 Å².